The van der Waals surface area contributed by atoms with Gasteiger partial charge in [0.2, 0.25) is 0 Å². The first-order chi connectivity index (χ1) is 9.52. The van der Waals surface area contributed by atoms with Crippen molar-refractivity contribution in [2.45, 2.75) is 13.0 Å². The van der Waals surface area contributed by atoms with E-state index in [1.54, 1.807) is 12.1 Å². The van der Waals surface area contributed by atoms with Crippen molar-refractivity contribution in [2.24, 2.45) is 0 Å². The van der Waals surface area contributed by atoms with Crippen molar-refractivity contribution >= 4 is 5.69 Å². The smallest absolute Gasteiger partial charge is 0.0991 e. The lowest BCUT2D eigenvalue weighted by Gasteiger charge is -2.20. The molecule has 0 bridgehead atoms. The fraction of sp³-hybridized carbons (Fsp3) is 0.235. The highest BCUT2D eigenvalue weighted by atomic mass is 15.1. The molecule has 3 heteroatoms. The van der Waals surface area contributed by atoms with Crippen molar-refractivity contribution in [2.75, 3.05) is 19.8 Å². The van der Waals surface area contributed by atoms with E-state index in [1.807, 2.05) is 6.07 Å². The van der Waals surface area contributed by atoms with Gasteiger partial charge in [0.1, 0.15) is 0 Å². The molecule has 0 radical (unpaired) electrons. The van der Waals surface area contributed by atoms with Gasteiger partial charge in [0.25, 0.3) is 0 Å². The van der Waals surface area contributed by atoms with Crippen LogP contribution >= 0.6 is 0 Å². The lowest BCUT2D eigenvalue weighted by atomic mass is 9.98. The van der Waals surface area contributed by atoms with Gasteiger partial charge in [-0.25, -0.2) is 0 Å². The van der Waals surface area contributed by atoms with Crippen LogP contribution < -0.4 is 5.73 Å². The molecule has 20 heavy (non-hydrogen) atoms. The van der Waals surface area contributed by atoms with Crippen LogP contribution in [0.1, 0.15) is 24.1 Å². The summed E-state index contributed by atoms with van der Waals surface area (Å²) in [6.45, 7) is 2.17. The van der Waals surface area contributed by atoms with Gasteiger partial charge in [-0.05, 0) is 50.3 Å². The molecular formula is C17H19N3. The minimum absolute atomic E-state index is 0.367. The molecule has 2 aromatic carbocycles. The Morgan fingerprint density at radius 2 is 1.75 bits per heavy atom. The van der Waals surface area contributed by atoms with Crippen molar-refractivity contribution in [3.63, 3.8) is 0 Å². The summed E-state index contributed by atoms with van der Waals surface area (Å²) < 4.78 is 0. The topological polar surface area (TPSA) is 53.1 Å². The number of benzene rings is 2. The van der Waals surface area contributed by atoms with Gasteiger partial charge in [0.15, 0.2) is 0 Å². The van der Waals surface area contributed by atoms with E-state index >= 15 is 0 Å². The van der Waals surface area contributed by atoms with Crippen molar-refractivity contribution in [1.29, 1.82) is 5.26 Å². The largest absolute Gasteiger partial charge is 0.398 e. The van der Waals surface area contributed by atoms with Crippen molar-refractivity contribution < 1.29 is 0 Å². The molecule has 0 saturated carbocycles. The summed E-state index contributed by atoms with van der Waals surface area (Å²) in [6, 6.07) is 16.2. The van der Waals surface area contributed by atoms with Crippen LogP contribution in [0, 0.1) is 11.3 Å². The fourth-order valence-corrected chi connectivity index (χ4v) is 2.12. The Morgan fingerprint density at radius 1 is 1.10 bits per heavy atom. The highest BCUT2D eigenvalue weighted by Crippen LogP contribution is 2.28. The Hall–Kier alpha value is -2.31. The third-order valence-corrected chi connectivity index (χ3v) is 3.66. The molecule has 0 amide bonds. The maximum Gasteiger partial charge on any atom is 0.0991 e. The first-order valence-electron chi connectivity index (χ1n) is 6.59. The predicted octanol–water partition coefficient (Wildman–Crippen LogP) is 3.43. The molecule has 1 atom stereocenters. The molecule has 102 valence electrons. The molecule has 2 N–H and O–H groups in total. The van der Waals surface area contributed by atoms with Crippen LogP contribution in [0.5, 0.6) is 0 Å². The molecule has 0 aliphatic carbocycles. The van der Waals surface area contributed by atoms with Crippen molar-refractivity contribution in [3.05, 3.63) is 53.6 Å². The van der Waals surface area contributed by atoms with E-state index in [0.29, 0.717) is 17.3 Å². The monoisotopic (exact) mass is 265 g/mol. The Balaban J connectivity index is 2.38. The number of nitrogen functional groups attached to an aromatic ring is 1. The van der Waals surface area contributed by atoms with Crippen LogP contribution in [0.15, 0.2) is 42.5 Å². The lowest BCUT2D eigenvalue weighted by molar-refractivity contribution is 0.321. The SMILES string of the molecule is CC(c1ccc(-c2cc(C#N)ccc2N)cc1)N(C)C. The average molecular weight is 265 g/mol. The predicted molar refractivity (Wildman–Crippen MR) is 83.1 cm³/mol. The van der Waals surface area contributed by atoms with Gasteiger partial charge in [-0.15, -0.1) is 0 Å². The van der Waals surface area contributed by atoms with Gasteiger partial charge in [0, 0.05) is 17.3 Å². The minimum atomic E-state index is 0.367. The van der Waals surface area contributed by atoms with Crippen molar-refractivity contribution in [3.8, 4) is 17.2 Å². The first kappa shape index (κ1) is 14.1. The third kappa shape index (κ3) is 2.81. The van der Waals surface area contributed by atoms with Crippen LogP contribution in [0.2, 0.25) is 0 Å². The van der Waals surface area contributed by atoms with Crippen LogP contribution in [0.4, 0.5) is 5.69 Å². The van der Waals surface area contributed by atoms with Crippen LogP contribution in [0.25, 0.3) is 11.1 Å². The van der Waals surface area contributed by atoms with E-state index in [9.17, 15) is 0 Å². The van der Waals surface area contributed by atoms with E-state index in [4.69, 9.17) is 11.0 Å². The molecule has 0 aromatic heterocycles. The van der Waals surface area contributed by atoms with Crippen LogP contribution in [0.3, 0.4) is 0 Å². The van der Waals surface area contributed by atoms with Gasteiger partial charge >= 0.3 is 0 Å². The minimum Gasteiger partial charge on any atom is -0.398 e. The zero-order chi connectivity index (χ0) is 14.7. The van der Waals surface area contributed by atoms with E-state index in [0.717, 1.165) is 11.1 Å². The number of nitriles is 1. The lowest BCUT2D eigenvalue weighted by Crippen LogP contribution is -2.16. The summed E-state index contributed by atoms with van der Waals surface area (Å²) in [5, 5.41) is 8.98. The number of anilines is 1. The van der Waals surface area contributed by atoms with E-state index in [-0.39, 0.29) is 0 Å². The molecule has 1 unspecified atom stereocenters. The third-order valence-electron chi connectivity index (χ3n) is 3.66. The van der Waals surface area contributed by atoms with Gasteiger partial charge in [-0.2, -0.15) is 5.26 Å². The number of hydrogen-bond donors (Lipinski definition) is 1. The zero-order valence-electron chi connectivity index (χ0n) is 12.1. The second-order valence-corrected chi connectivity index (χ2v) is 5.18. The highest BCUT2D eigenvalue weighted by molar-refractivity contribution is 5.77. The molecule has 0 fully saturated rings. The van der Waals surface area contributed by atoms with Gasteiger partial charge in [0.05, 0.1) is 11.6 Å². The molecule has 2 rings (SSSR count). The van der Waals surface area contributed by atoms with Gasteiger partial charge in [-0.3, -0.25) is 0 Å². The Bertz CT molecular complexity index is 636. The summed E-state index contributed by atoms with van der Waals surface area (Å²) in [4.78, 5) is 2.17. The molecule has 3 nitrogen and oxygen atoms in total. The van der Waals surface area contributed by atoms with E-state index in [2.05, 4.69) is 56.3 Å². The first-order valence-corrected chi connectivity index (χ1v) is 6.59. The number of nitrogens with zero attached hydrogens (tertiary/aromatic N) is 2. The number of hydrogen-bond acceptors (Lipinski definition) is 3. The Kier molecular flexibility index (Phi) is 4.07. The summed E-state index contributed by atoms with van der Waals surface area (Å²) in [5.74, 6) is 0. The van der Waals surface area contributed by atoms with Gasteiger partial charge < -0.3 is 10.6 Å². The molecule has 0 spiro atoms. The summed E-state index contributed by atoms with van der Waals surface area (Å²) in [7, 11) is 4.12. The van der Waals surface area contributed by atoms with E-state index in [1.165, 1.54) is 5.56 Å². The summed E-state index contributed by atoms with van der Waals surface area (Å²) >= 11 is 0. The normalized spacial score (nSPS) is 12.2. The molecule has 0 aliphatic rings. The maximum absolute atomic E-state index is 8.98. The second kappa shape index (κ2) is 5.77. The standard InChI is InChI=1S/C17H19N3/c1-12(20(2)3)14-5-7-15(8-6-14)16-10-13(11-18)4-9-17(16)19/h4-10,12H,19H2,1-3H3. The van der Waals surface area contributed by atoms with Crippen LogP contribution in [-0.4, -0.2) is 19.0 Å². The number of rotatable bonds is 3. The number of nitrogens with two attached hydrogens (primary N) is 1. The molecular weight excluding hydrogens is 246 g/mol. The summed E-state index contributed by atoms with van der Waals surface area (Å²) in [6.07, 6.45) is 0. The quantitative estimate of drug-likeness (QED) is 0.865. The van der Waals surface area contributed by atoms with Crippen molar-refractivity contribution in [1.82, 2.24) is 4.90 Å². The average Bonchev–Trinajstić information content (AvgIpc) is 2.47. The molecule has 0 aliphatic heterocycles. The van der Waals surface area contributed by atoms with Crippen LogP contribution in [-0.2, 0) is 0 Å². The van der Waals surface area contributed by atoms with Gasteiger partial charge in [-0.1, -0.05) is 24.3 Å². The summed E-state index contributed by atoms with van der Waals surface area (Å²) in [5.41, 5.74) is 10.5. The molecule has 0 saturated heterocycles. The molecule has 0 heterocycles. The Morgan fingerprint density at radius 3 is 2.30 bits per heavy atom. The molecule has 2 aromatic rings. The highest BCUT2D eigenvalue weighted by Gasteiger charge is 2.09. The maximum atomic E-state index is 8.98. The zero-order valence-corrected chi connectivity index (χ0v) is 12.1. The fourth-order valence-electron chi connectivity index (χ4n) is 2.12. The Labute approximate surface area is 120 Å². The second-order valence-electron chi connectivity index (χ2n) is 5.18. The van der Waals surface area contributed by atoms with E-state index < -0.39 is 0 Å².